The molecule has 0 aromatic heterocycles. The predicted octanol–water partition coefficient (Wildman–Crippen LogP) is 1.66. The van der Waals surface area contributed by atoms with Crippen LogP contribution in [0.15, 0.2) is 17.0 Å². The lowest BCUT2D eigenvalue weighted by molar-refractivity contribution is 0.0994. The molecule has 14 heavy (non-hydrogen) atoms. The molecule has 0 bridgehead atoms. The zero-order valence-electron chi connectivity index (χ0n) is 7.83. The molecular weight excluding hydrogens is 205 g/mol. The number of primary amides is 1. The summed E-state index contributed by atoms with van der Waals surface area (Å²) in [6.45, 7) is 0. The first-order valence-electron chi connectivity index (χ1n) is 3.81. The summed E-state index contributed by atoms with van der Waals surface area (Å²) in [6.07, 6.45) is 1.74. The smallest absolute Gasteiger partial charge is 0.253 e. The van der Waals surface area contributed by atoms with Gasteiger partial charge >= 0.3 is 0 Å². The van der Waals surface area contributed by atoms with Crippen molar-refractivity contribution < 1.29 is 13.9 Å². The van der Waals surface area contributed by atoms with Crippen molar-refractivity contribution in [1.82, 2.24) is 0 Å². The van der Waals surface area contributed by atoms with Crippen LogP contribution in [0.2, 0.25) is 0 Å². The molecule has 0 saturated carbocycles. The van der Waals surface area contributed by atoms with Crippen molar-refractivity contribution >= 4 is 17.7 Å². The van der Waals surface area contributed by atoms with Gasteiger partial charge in [0.15, 0.2) is 0 Å². The highest BCUT2D eigenvalue weighted by Gasteiger charge is 2.15. The van der Waals surface area contributed by atoms with Crippen LogP contribution >= 0.6 is 11.8 Å². The van der Waals surface area contributed by atoms with Gasteiger partial charge in [-0.3, -0.25) is 4.79 Å². The molecule has 1 aromatic rings. The molecule has 0 aliphatic carbocycles. The van der Waals surface area contributed by atoms with E-state index in [1.54, 1.807) is 6.26 Å². The number of methoxy groups -OCH3 is 1. The van der Waals surface area contributed by atoms with E-state index >= 15 is 0 Å². The van der Waals surface area contributed by atoms with Crippen molar-refractivity contribution in [2.45, 2.75) is 4.90 Å². The van der Waals surface area contributed by atoms with Gasteiger partial charge in [0.05, 0.1) is 12.7 Å². The fraction of sp³-hybridized carbons (Fsp3) is 0.222. The van der Waals surface area contributed by atoms with Gasteiger partial charge in [0.2, 0.25) is 0 Å². The van der Waals surface area contributed by atoms with E-state index in [2.05, 4.69) is 0 Å². The van der Waals surface area contributed by atoms with E-state index in [0.717, 1.165) is 6.07 Å². The summed E-state index contributed by atoms with van der Waals surface area (Å²) in [5.41, 5.74) is 5.39. The zero-order chi connectivity index (χ0) is 10.7. The van der Waals surface area contributed by atoms with Gasteiger partial charge in [0.1, 0.15) is 11.6 Å². The Morgan fingerprint density at radius 3 is 2.64 bits per heavy atom. The molecule has 0 aliphatic rings. The number of carbonyl (C=O) groups excluding carboxylic acids is 1. The molecular formula is C9H10FNO2S. The zero-order valence-corrected chi connectivity index (χ0v) is 8.65. The molecule has 0 spiro atoms. The summed E-state index contributed by atoms with van der Waals surface area (Å²) < 4.78 is 17.9. The highest BCUT2D eigenvalue weighted by Crippen LogP contribution is 2.29. The maximum Gasteiger partial charge on any atom is 0.253 e. The minimum Gasteiger partial charge on any atom is -0.496 e. The third-order valence-electron chi connectivity index (χ3n) is 1.72. The lowest BCUT2D eigenvalue weighted by atomic mass is 10.2. The molecule has 3 nitrogen and oxygen atoms in total. The van der Waals surface area contributed by atoms with E-state index in [0.29, 0.717) is 4.90 Å². The number of rotatable bonds is 3. The highest BCUT2D eigenvalue weighted by atomic mass is 32.2. The van der Waals surface area contributed by atoms with Crippen LogP contribution in [0.1, 0.15) is 10.4 Å². The molecule has 5 heteroatoms. The predicted molar refractivity (Wildman–Crippen MR) is 53.3 cm³/mol. The summed E-state index contributed by atoms with van der Waals surface area (Å²) >= 11 is 1.25. The van der Waals surface area contributed by atoms with Gasteiger partial charge in [-0.15, -0.1) is 11.8 Å². The van der Waals surface area contributed by atoms with Crippen molar-refractivity contribution in [3.05, 3.63) is 23.5 Å². The fourth-order valence-corrected chi connectivity index (χ4v) is 1.76. The fourth-order valence-electron chi connectivity index (χ4n) is 1.12. The first-order valence-corrected chi connectivity index (χ1v) is 5.04. The number of hydrogen-bond donors (Lipinski definition) is 1. The largest absolute Gasteiger partial charge is 0.496 e. The number of carbonyl (C=O) groups is 1. The standard InChI is InChI=1S/C9H10FNO2S/c1-13-6-3-5(10)4-7(14-2)8(6)9(11)12/h3-4H,1-2H3,(H2,11,12). The third kappa shape index (κ3) is 1.98. The monoisotopic (exact) mass is 215 g/mol. The topological polar surface area (TPSA) is 52.3 Å². The number of hydrogen-bond acceptors (Lipinski definition) is 3. The van der Waals surface area contributed by atoms with Crippen LogP contribution in [0.4, 0.5) is 4.39 Å². The van der Waals surface area contributed by atoms with E-state index < -0.39 is 11.7 Å². The van der Waals surface area contributed by atoms with Gasteiger partial charge in [-0.05, 0) is 12.3 Å². The second-order valence-electron chi connectivity index (χ2n) is 2.55. The number of benzene rings is 1. The van der Waals surface area contributed by atoms with Crippen LogP contribution in [0.5, 0.6) is 5.75 Å². The summed E-state index contributed by atoms with van der Waals surface area (Å²) in [6, 6.07) is 2.40. The van der Waals surface area contributed by atoms with Crippen LogP contribution < -0.4 is 10.5 Å². The minimum absolute atomic E-state index is 0.168. The van der Waals surface area contributed by atoms with Crippen LogP contribution in [-0.4, -0.2) is 19.3 Å². The summed E-state index contributed by atoms with van der Waals surface area (Å²) in [5, 5.41) is 0. The Balaban J connectivity index is 3.40. The minimum atomic E-state index is -0.619. The molecule has 0 aliphatic heterocycles. The van der Waals surface area contributed by atoms with E-state index in [1.807, 2.05) is 0 Å². The van der Waals surface area contributed by atoms with Gasteiger partial charge in [0.25, 0.3) is 5.91 Å². The SMILES string of the molecule is COc1cc(F)cc(SC)c1C(N)=O. The number of ether oxygens (including phenoxy) is 1. The van der Waals surface area contributed by atoms with E-state index in [-0.39, 0.29) is 11.3 Å². The lowest BCUT2D eigenvalue weighted by Crippen LogP contribution is -2.14. The summed E-state index contributed by atoms with van der Waals surface area (Å²) in [5.74, 6) is -0.899. The summed E-state index contributed by atoms with van der Waals surface area (Å²) in [7, 11) is 1.37. The number of thioether (sulfide) groups is 1. The van der Waals surface area contributed by atoms with E-state index in [9.17, 15) is 9.18 Å². The van der Waals surface area contributed by atoms with Crippen molar-refractivity contribution in [2.24, 2.45) is 5.73 Å². The quantitative estimate of drug-likeness (QED) is 0.780. The highest BCUT2D eigenvalue weighted by molar-refractivity contribution is 7.98. The Bertz CT molecular complexity index is 343. The normalized spacial score (nSPS) is 9.93. The third-order valence-corrected chi connectivity index (χ3v) is 2.48. The molecule has 0 atom stereocenters. The van der Waals surface area contributed by atoms with Crippen LogP contribution in [0.25, 0.3) is 0 Å². The molecule has 2 N–H and O–H groups in total. The van der Waals surface area contributed by atoms with Crippen LogP contribution in [-0.2, 0) is 0 Å². The van der Waals surface area contributed by atoms with Crippen molar-refractivity contribution in [1.29, 1.82) is 0 Å². The van der Waals surface area contributed by atoms with Gasteiger partial charge in [0, 0.05) is 11.0 Å². The average molecular weight is 215 g/mol. The first-order chi connectivity index (χ1) is 6.60. The average Bonchev–Trinajstić information content (AvgIpc) is 2.15. The maximum absolute atomic E-state index is 13.0. The Morgan fingerprint density at radius 2 is 2.21 bits per heavy atom. The van der Waals surface area contributed by atoms with Crippen molar-refractivity contribution in [2.75, 3.05) is 13.4 Å². The van der Waals surface area contributed by atoms with Gasteiger partial charge in [-0.2, -0.15) is 0 Å². The number of amides is 1. The second-order valence-corrected chi connectivity index (χ2v) is 3.40. The number of halogens is 1. The molecule has 0 saturated heterocycles. The molecule has 1 amide bonds. The van der Waals surface area contributed by atoms with Gasteiger partial charge in [-0.1, -0.05) is 0 Å². The second kappa shape index (κ2) is 4.32. The molecule has 76 valence electrons. The Labute approximate surface area is 85.4 Å². The molecule has 0 heterocycles. The van der Waals surface area contributed by atoms with E-state index in [1.165, 1.54) is 24.9 Å². The molecule has 1 aromatic carbocycles. The van der Waals surface area contributed by atoms with Crippen molar-refractivity contribution in [3.8, 4) is 5.75 Å². The Kier molecular flexibility index (Phi) is 3.35. The van der Waals surface area contributed by atoms with Crippen LogP contribution in [0.3, 0.4) is 0 Å². The summed E-state index contributed by atoms with van der Waals surface area (Å²) in [4.78, 5) is 11.6. The first kappa shape index (κ1) is 10.8. The lowest BCUT2D eigenvalue weighted by Gasteiger charge is -2.09. The molecule has 0 radical (unpaired) electrons. The maximum atomic E-state index is 13.0. The van der Waals surface area contributed by atoms with Crippen molar-refractivity contribution in [3.63, 3.8) is 0 Å². The van der Waals surface area contributed by atoms with E-state index in [4.69, 9.17) is 10.5 Å². The molecule has 0 fully saturated rings. The molecule has 0 unspecified atom stereocenters. The van der Waals surface area contributed by atoms with Gasteiger partial charge < -0.3 is 10.5 Å². The number of nitrogens with two attached hydrogens (primary N) is 1. The van der Waals surface area contributed by atoms with Crippen LogP contribution in [0, 0.1) is 5.82 Å². The Hall–Kier alpha value is -1.23. The Morgan fingerprint density at radius 1 is 1.57 bits per heavy atom. The molecule has 1 rings (SSSR count). The van der Waals surface area contributed by atoms with Gasteiger partial charge in [-0.25, -0.2) is 4.39 Å².